The standard InChI is InChI=1S/C32H25N3O4S/c1-20-6-2-3-8-26(20)38-24-15-13-23(14-16-24)35-30(29(34-32(35)40)25-7-4-5-19-33-25)28-18-17-27(39-28)21-9-11-22(12-10-21)31(36)37/h2-19,29-30H,1H3,(H,34,40)(H,36,37)/t29-,30+/m1/s1. The number of ether oxygens (including phenoxy) is 1. The summed E-state index contributed by atoms with van der Waals surface area (Å²) in [7, 11) is 0. The molecule has 8 heteroatoms. The van der Waals surface area contributed by atoms with Gasteiger partial charge >= 0.3 is 5.97 Å². The predicted molar refractivity (Wildman–Crippen MR) is 157 cm³/mol. The predicted octanol–water partition coefficient (Wildman–Crippen LogP) is 7.32. The second kappa shape index (κ2) is 10.7. The van der Waals surface area contributed by atoms with Gasteiger partial charge in [-0.2, -0.15) is 0 Å². The van der Waals surface area contributed by atoms with Crippen molar-refractivity contribution >= 4 is 29.0 Å². The van der Waals surface area contributed by atoms with Crippen molar-refractivity contribution in [2.24, 2.45) is 0 Å². The molecule has 198 valence electrons. The van der Waals surface area contributed by atoms with Gasteiger partial charge in [-0.3, -0.25) is 4.98 Å². The molecule has 0 spiro atoms. The van der Waals surface area contributed by atoms with E-state index in [1.54, 1.807) is 30.5 Å². The summed E-state index contributed by atoms with van der Waals surface area (Å²) in [4.78, 5) is 17.9. The minimum Gasteiger partial charge on any atom is -0.478 e. The monoisotopic (exact) mass is 547 g/mol. The van der Waals surface area contributed by atoms with Gasteiger partial charge in [0.2, 0.25) is 0 Å². The zero-order chi connectivity index (χ0) is 27.6. The number of thiocarbonyl (C=S) groups is 1. The Bertz CT molecular complexity index is 1670. The number of nitrogens with zero attached hydrogens (tertiary/aromatic N) is 2. The van der Waals surface area contributed by atoms with Crippen LogP contribution in [0.25, 0.3) is 11.3 Å². The van der Waals surface area contributed by atoms with E-state index < -0.39 is 5.97 Å². The number of pyridine rings is 1. The van der Waals surface area contributed by atoms with Crippen LogP contribution in [0.2, 0.25) is 0 Å². The smallest absolute Gasteiger partial charge is 0.335 e. The normalized spacial score (nSPS) is 16.5. The minimum atomic E-state index is -0.971. The Hall–Kier alpha value is -4.95. The molecule has 2 aromatic heterocycles. The summed E-state index contributed by atoms with van der Waals surface area (Å²) in [5, 5.41) is 13.2. The van der Waals surface area contributed by atoms with Crippen molar-refractivity contribution in [1.29, 1.82) is 0 Å². The summed E-state index contributed by atoms with van der Waals surface area (Å²) < 4.78 is 12.5. The van der Waals surface area contributed by atoms with Gasteiger partial charge in [-0.15, -0.1) is 0 Å². The van der Waals surface area contributed by atoms with Crippen LogP contribution in [0.4, 0.5) is 5.69 Å². The zero-order valence-corrected chi connectivity index (χ0v) is 22.3. The maximum Gasteiger partial charge on any atom is 0.335 e. The molecule has 2 N–H and O–H groups in total. The number of para-hydroxylation sites is 1. The fourth-order valence-electron chi connectivity index (χ4n) is 4.84. The van der Waals surface area contributed by atoms with Crippen molar-refractivity contribution in [3.63, 3.8) is 0 Å². The number of aromatic nitrogens is 1. The largest absolute Gasteiger partial charge is 0.478 e. The zero-order valence-electron chi connectivity index (χ0n) is 21.5. The fourth-order valence-corrected chi connectivity index (χ4v) is 5.18. The molecule has 1 saturated heterocycles. The first kappa shape index (κ1) is 25.3. The molecule has 2 atom stereocenters. The van der Waals surface area contributed by atoms with Gasteiger partial charge in [0.15, 0.2) is 5.11 Å². The molecule has 0 saturated carbocycles. The lowest BCUT2D eigenvalue weighted by Crippen LogP contribution is -2.29. The number of anilines is 1. The van der Waals surface area contributed by atoms with E-state index in [0.717, 1.165) is 34.0 Å². The van der Waals surface area contributed by atoms with Crippen molar-refractivity contribution in [3.8, 4) is 22.8 Å². The van der Waals surface area contributed by atoms with Crippen LogP contribution in [0.3, 0.4) is 0 Å². The molecule has 40 heavy (non-hydrogen) atoms. The van der Waals surface area contributed by atoms with Crippen LogP contribution in [-0.4, -0.2) is 21.2 Å². The molecule has 7 nitrogen and oxygen atoms in total. The molecule has 5 aromatic rings. The van der Waals surface area contributed by atoms with E-state index in [1.165, 1.54) is 0 Å². The van der Waals surface area contributed by atoms with Gasteiger partial charge in [-0.25, -0.2) is 4.79 Å². The number of benzene rings is 3. The van der Waals surface area contributed by atoms with E-state index in [1.807, 2.05) is 90.7 Å². The Morgan fingerprint density at radius 3 is 2.40 bits per heavy atom. The van der Waals surface area contributed by atoms with Gasteiger partial charge in [-0.05, 0) is 91.4 Å². The van der Waals surface area contributed by atoms with Crippen LogP contribution in [0, 0.1) is 6.92 Å². The average molecular weight is 548 g/mol. The molecule has 0 amide bonds. The molecule has 0 radical (unpaired) electrons. The molecule has 1 aliphatic heterocycles. The highest BCUT2D eigenvalue weighted by atomic mass is 32.1. The SMILES string of the molecule is Cc1ccccc1Oc1ccc(N2C(=S)N[C@H](c3ccccn3)[C@@H]2c2ccc(-c3ccc(C(=O)O)cc3)o2)cc1. The number of hydrogen-bond donors (Lipinski definition) is 2. The molecule has 3 aromatic carbocycles. The third-order valence-corrected chi connectivity index (χ3v) is 7.18. The van der Waals surface area contributed by atoms with E-state index in [2.05, 4.69) is 10.3 Å². The van der Waals surface area contributed by atoms with E-state index in [9.17, 15) is 9.90 Å². The maximum atomic E-state index is 11.3. The Morgan fingerprint density at radius 1 is 0.950 bits per heavy atom. The lowest BCUT2D eigenvalue weighted by molar-refractivity contribution is 0.0697. The summed E-state index contributed by atoms with van der Waals surface area (Å²) in [6.45, 7) is 2.01. The van der Waals surface area contributed by atoms with Crippen molar-refractivity contribution in [3.05, 3.63) is 132 Å². The Morgan fingerprint density at radius 2 is 1.70 bits per heavy atom. The van der Waals surface area contributed by atoms with Crippen LogP contribution >= 0.6 is 12.2 Å². The lowest BCUT2D eigenvalue weighted by Gasteiger charge is -2.26. The summed E-state index contributed by atoms with van der Waals surface area (Å²) >= 11 is 5.83. The second-order valence-corrected chi connectivity index (χ2v) is 9.83. The van der Waals surface area contributed by atoms with Gasteiger partial charge in [-0.1, -0.05) is 36.4 Å². The molecular formula is C32H25N3O4S. The molecule has 0 aliphatic carbocycles. The van der Waals surface area contributed by atoms with E-state index >= 15 is 0 Å². The van der Waals surface area contributed by atoms with Gasteiger partial charge in [0.25, 0.3) is 0 Å². The number of carbonyl (C=O) groups is 1. The second-order valence-electron chi connectivity index (χ2n) is 9.44. The summed E-state index contributed by atoms with van der Waals surface area (Å²) in [6.07, 6.45) is 1.76. The third-order valence-electron chi connectivity index (χ3n) is 6.87. The Kier molecular flexibility index (Phi) is 6.76. The number of nitrogens with one attached hydrogen (secondary N) is 1. The van der Waals surface area contributed by atoms with Crippen LogP contribution < -0.4 is 15.0 Å². The van der Waals surface area contributed by atoms with Crippen molar-refractivity contribution in [2.75, 3.05) is 4.90 Å². The highest BCUT2D eigenvalue weighted by Gasteiger charge is 2.42. The quantitative estimate of drug-likeness (QED) is 0.205. The molecule has 6 rings (SSSR count). The van der Waals surface area contributed by atoms with Gasteiger partial charge in [0.05, 0.1) is 17.3 Å². The van der Waals surface area contributed by atoms with Gasteiger partial charge in [0, 0.05) is 17.4 Å². The minimum absolute atomic E-state index is 0.220. The summed E-state index contributed by atoms with van der Waals surface area (Å²) in [5.74, 6) is 1.88. The topological polar surface area (TPSA) is 87.8 Å². The number of hydrogen-bond acceptors (Lipinski definition) is 5. The van der Waals surface area contributed by atoms with Crippen LogP contribution in [0.15, 0.2) is 114 Å². The van der Waals surface area contributed by atoms with Crippen molar-refractivity contribution in [2.45, 2.75) is 19.0 Å². The molecule has 1 fully saturated rings. The number of furan rings is 1. The van der Waals surface area contributed by atoms with Crippen LogP contribution in [0.5, 0.6) is 11.5 Å². The number of carboxylic acid groups (broad SMARTS) is 1. The first-order valence-corrected chi connectivity index (χ1v) is 13.2. The first-order valence-electron chi connectivity index (χ1n) is 12.8. The Labute approximate surface area is 236 Å². The van der Waals surface area contributed by atoms with E-state index in [-0.39, 0.29) is 17.6 Å². The summed E-state index contributed by atoms with van der Waals surface area (Å²) in [6, 6.07) is 31.3. The van der Waals surface area contributed by atoms with E-state index in [4.69, 9.17) is 21.4 Å². The number of carboxylic acids is 1. The molecular weight excluding hydrogens is 522 g/mol. The average Bonchev–Trinajstić information content (AvgIpc) is 3.60. The number of rotatable bonds is 7. The molecule has 0 bridgehead atoms. The first-order chi connectivity index (χ1) is 19.5. The lowest BCUT2D eigenvalue weighted by atomic mass is 10.0. The number of aromatic carboxylic acids is 1. The van der Waals surface area contributed by atoms with Crippen LogP contribution in [0.1, 0.15) is 39.5 Å². The highest BCUT2D eigenvalue weighted by Crippen LogP contribution is 2.43. The molecule has 0 unspecified atom stereocenters. The third kappa shape index (κ3) is 4.92. The highest BCUT2D eigenvalue weighted by molar-refractivity contribution is 7.80. The van der Waals surface area contributed by atoms with Crippen molar-refractivity contribution < 1.29 is 19.1 Å². The Balaban J connectivity index is 1.34. The van der Waals surface area contributed by atoms with Crippen LogP contribution in [-0.2, 0) is 0 Å². The molecule has 1 aliphatic rings. The fraction of sp³-hybridized carbons (Fsp3) is 0.0938. The maximum absolute atomic E-state index is 11.3. The summed E-state index contributed by atoms with van der Waals surface area (Å²) in [5.41, 5.74) is 3.77. The van der Waals surface area contributed by atoms with Gasteiger partial charge in [0.1, 0.15) is 29.1 Å². The number of aryl methyl sites for hydroxylation is 1. The van der Waals surface area contributed by atoms with Gasteiger partial charge < -0.3 is 24.5 Å². The van der Waals surface area contributed by atoms with E-state index in [0.29, 0.717) is 16.6 Å². The van der Waals surface area contributed by atoms with Crippen molar-refractivity contribution in [1.82, 2.24) is 10.3 Å². The molecule has 3 heterocycles.